The van der Waals surface area contributed by atoms with Gasteiger partial charge in [-0.05, 0) is 50.6 Å². The first-order valence-corrected chi connectivity index (χ1v) is 9.36. The van der Waals surface area contributed by atoms with Crippen molar-refractivity contribution in [2.75, 3.05) is 5.32 Å². The maximum Gasteiger partial charge on any atom is 0.258 e. The number of pyridine rings is 1. The van der Waals surface area contributed by atoms with Crippen LogP contribution in [0.15, 0.2) is 66.9 Å². The van der Waals surface area contributed by atoms with E-state index in [4.69, 9.17) is 11.6 Å². The van der Waals surface area contributed by atoms with E-state index in [0.717, 1.165) is 16.7 Å². The van der Waals surface area contributed by atoms with Crippen molar-refractivity contribution in [2.24, 2.45) is 5.41 Å². The van der Waals surface area contributed by atoms with E-state index in [1.165, 1.54) is 0 Å². The van der Waals surface area contributed by atoms with Gasteiger partial charge in [-0.25, -0.2) is 4.98 Å². The summed E-state index contributed by atoms with van der Waals surface area (Å²) >= 11 is 6.08. The first kappa shape index (κ1) is 19.7. The van der Waals surface area contributed by atoms with E-state index >= 15 is 0 Å². The van der Waals surface area contributed by atoms with Crippen LogP contribution in [0.3, 0.4) is 0 Å². The summed E-state index contributed by atoms with van der Waals surface area (Å²) in [6.07, 6.45) is 1.55. The van der Waals surface area contributed by atoms with Gasteiger partial charge in [-0.15, -0.1) is 0 Å². The molecule has 0 aliphatic heterocycles. The first-order chi connectivity index (χ1) is 13.3. The van der Waals surface area contributed by atoms with Gasteiger partial charge in [0.25, 0.3) is 5.91 Å². The van der Waals surface area contributed by atoms with Gasteiger partial charge in [0.1, 0.15) is 5.15 Å². The molecule has 1 heterocycles. The molecule has 140 valence electrons. The number of nitrogens with one attached hydrogen (secondary N) is 1. The third kappa shape index (κ3) is 5.00. The Morgan fingerprint density at radius 2 is 1.79 bits per heavy atom. The molecule has 0 bridgehead atoms. The van der Waals surface area contributed by atoms with Gasteiger partial charge in [0.05, 0.1) is 11.3 Å². The molecule has 0 saturated heterocycles. The number of carbonyl (C=O) groups excluding carboxylic acids is 1. The summed E-state index contributed by atoms with van der Waals surface area (Å²) in [4.78, 5) is 16.8. The van der Waals surface area contributed by atoms with Crippen LogP contribution in [0.25, 0.3) is 11.1 Å². The average molecular weight is 389 g/mol. The SMILES string of the molecule is CC(C)(C)C#Cc1ccc(-c2ccccc2)c(NC(=O)c2cccnc2Cl)c1. The van der Waals surface area contributed by atoms with Crippen LogP contribution in [0.2, 0.25) is 5.15 Å². The van der Waals surface area contributed by atoms with Crippen molar-refractivity contribution in [3.8, 4) is 23.0 Å². The van der Waals surface area contributed by atoms with Crippen LogP contribution >= 0.6 is 11.6 Å². The molecule has 3 nitrogen and oxygen atoms in total. The van der Waals surface area contributed by atoms with Crippen molar-refractivity contribution in [1.82, 2.24) is 4.98 Å². The highest BCUT2D eigenvalue weighted by Crippen LogP contribution is 2.30. The molecule has 0 saturated carbocycles. The van der Waals surface area contributed by atoms with E-state index in [1.807, 2.05) is 48.5 Å². The molecule has 0 fully saturated rings. The predicted molar refractivity (Wildman–Crippen MR) is 115 cm³/mol. The van der Waals surface area contributed by atoms with Crippen LogP contribution < -0.4 is 5.32 Å². The quantitative estimate of drug-likeness (QED) is 0.438. The lowest BCUT2D eigenvalue weighted by Crippen LogP contribution is -2.13. The zero-order chi connectivity index (χ0) is 20.1. The second-order valence-corrected chi connectivity index (χ2v) is 7.78. The Balaban J connectivity index is 2.03. The molecule has 1 amide bonds. The number of rotatable bonds is 3. The van der Waals surface area contributed by atoms with E-state index in [9.17, 15) is 4.79 Å². The van der Waals surface area contributed by atoms with Crippen molar-refractivity contribution in [3.05, 3.63) is 83.1 Å². The molecule has 1 aromatic heterocycles. The lowest BCUT2D eigenvalue weighted by atomic mass is 9.96. The minimum atomic E-state index is -0.309. The Hall–Kier alpha value is -3.09. The summed E-state index contributed by atoms with van der Waals surface area (Å²) in [5.74, 6) is 6.10. The van der Waals surface area contributed by atoms with Crippen molar-refractivity contribution in [1.29, 1.82) is 0 Å². The number of anilines is 1. The summed E-state index contributed by atoms with van der Waals surface area (Å²) < 4.78 is 0. The van der Waals surface area contributed by atoms with E-state index in [1.54, 1.807) is 18.3 Å². The number of hydrogen-bond acceptors (Lipinski definition) is 2. The van der Waals surface area contributed by atoms with E-state index in [2.05, 4.69) is 42.9 Å². The number of hydrogen-bond donors (Lipinski definition) is 1. The fourth-order valence-electron chi connectivity index (χ4n) is 2.60. The molecule has 28 heavy (non-hydrogen) atoms. The molecule has 0 unspecified atom stereocenters. The third-order valence-corrected chi connectivity index (χ3v) is 4.24. The molecule has 0 spiro atoms. The molecule has 0 aliphatic rings. The molecule has 3 rings (SSSR count). The molecule has 0 atom stereocenters. The molecule has 0 aliphatic carbocycles. The number of carbonyl (C=O) groups is 1. The smallest absolute Gasteiger partial charge is 0.258 e. The van der Waals surface area contributed by atoms with Crippen molar-refractivity contribution in [3.63, 3.8) is 0 Å². The van der Waals surface area contributed by atoms with Crippen molar-refractivity contribution >= 4 is 23.2 Å². The Morgan fingerprint density at radius 1 is 1.04 bits per heavy atom. The largest absolute Gasteiger partial charge is 0.321 e. The van der Waals surface area contributed by atoms with Crippen LogP contribution in [0.5, 0.6) is 0 Å². The molecule has 4 heteroatoms. The zero-order valence-corrected chi connectivity index (χ0v) is 16.8. The van der Waals surface area contributed by atoms with Gasteiger partial charge in [0.15, 0.2) is 0 Å². The summed E-state index contributed by atoms with van der Waals surface area (Å²) in [7, 11) is 0. The van der Waals surface area contributed by atoms with E-state index in [-0.39, 0.29) is 16.5 Å². The standard InChI is InChI=1S/C24H21ClN2O/c1-24(2,3)14-13-17-11-12-19(18-8-5-4-6-9-18)21(16-17)27-23(28)20-10-7-15-26-22(20)25/h4-12,15-16H,1-3H3,(H,27,28). The first-order valence-electron chi connectivity index (χ1n) is 8.98. The predicted octanol–water partition coefficient (Wildman–Crippen LogP) is 6.05. The maximum absolute atomic E-state index is 12.8. The van der Waals surface area contributed by atoms with Crippen molar-refractivity contribution in [2.45, 2.75) is 20.8 Å². The maximum atomic E-state index is 12.8. The summed E-state index contributed by atoms with van der Waals surface area (Å²) in [5, 5.41) is 3.14. The summed E-state index contributed by atoms with van der Waals surface area (Å²) in [6.45, 7) is 6.18. The minimum absolute atomic E-state index is 0.106. The number of amides is 1. The fraction of sp³-hybridized carbons (Fsp3) is 0.167. The highest BCUT2D eigenvalue weighted by molar-refractivity contribution is 6.33. The summed E-state index contributed by atoms with van der Waals surface area (Å²) in [6, 6.07) is 19.1. The van der Waals surface area contributed by atoms with Crippen LogP contribution in [0.4, 0.5) is 5.69 Å². The fourth-order valence-corrected chi connectivity index (χ4v) is 2.80. The van der Waals surface area contributed by atoms with Gasteiger partial charge in [-0.1, -0.05) is 59.8 Å². The van der Waals surface area contributed by atoms with Crippen LogP contribution in [-0.2, 0) is 0 Å². The number of aromatic nitrogens is 1. The van der Waals surface area contributed by atoms with Gasteiger partial charge in [-0.3, -0.25) is 4.79 Å². The number of nitrogens with zero attached hydrogens (tertiary/aromatic N) is 1. The average Bonchev–Trinajstić information content (AvgIpc) is 2.67. The normalized spacial score (nSPS) is 10.7. The van der Waals surface area contributed by atoms with Gasteiger partial charge >= 0.3 is 0 Å². The van der Waals surface area contributed by atoms with Gasteiger partial charge in [-0.2, -0.15) is 0 Å². The Morgan fingerprint density at radius 3 is 2.46 bits per heavy atom. The van der Waals surface area contributed by atoms with Crippen molar-refractivity contribution < 1.29 is 4.79 Å². The molecular weight excluding hydrogens is 368 g/mol. The third-order valence-electron chi connectivity index (χ3n) is 3.94. The van der Waals surface area contributed by atoms with Gasteiger partial charge in [0.2, 0.25) is 0 Å². The summed E-state index contributed by atoms with van der Waals surface area (Å²) in [5.41, 5.74) is 3.65. The van der Waals surface area contributed by atoms with Crippen LogP contribution in [0, 0.1) is 17.3 Å². The zero-order valence-electron chi connectivity index (χ0n) is 16.1. The lowest BCUT2D eigenvalue weighted by Gasteiger charge is -2.13. The lowest BCUT2D eigenvalue weighted by molar-refractivity contribution is 0.102. The molecule has 2 aromatic carbocycles. The van der Waals surface area contributed by atoms with Gasteiger partial charge in [0, 0.05) is 22.7 Å². The van der Waals surface area contributed by atoms with Gasteiger partial charge < -0.3 is 5.32 Å². The Labute approximate surface area is 170 Å². The monoisotopic (exact) mass is 388 g/mol. The van der Waals surface area contributed by atoms with E-state index in [0.29, 0.717) is 11.3 Å². The Kier molecular flexibility index (Phi) is 5.82. The second-order valence-electron chi connectivity index (χ2n) is 7.42. The molecule has 1 N–H and O–H groups in total. The second kappa shape index (κ2) is 8.29. The van der Waals surface area contributed by atoms with Crippen LogP contribution in [-0.4, -0.2) is 10.9 Å². The minimum Gasteiger partial charge on any atom is -0.321 e. The molecule has 3 aromatic rings. The highest BCUT2D eigenvalue weighted by atomic mass is 35.5. The molecular formula is C24H21ClN2O. The molecule has 0 radical (unpaired) electrons. The topological polar surface area (TPSA) is 42.0 Å². The Bertz CT molecular complexity index is 1060. The number of benzene rings is 2. The highest BCUT2D eigenvalue weighted by Gasteiger charge is 2.14. The number of halogens is 1. The van der Waals surface area contributed by atoms with Crippen LogP contribution in [0.1, 0.15) is 36.7 Å². The van der Waals surface area contributed by atoms with E-state index < -0.39 is 0 Å².